The number of carbonyl (C=O) groups excluding carboxylic acids is 1. The number of amides is 1. The van der Waals surface area contributed by atoms with Crippen LogP contribution in [-0.4, -0.2) is 47.8 Å². The summed E-state index contributed by atoms with van der Waals surface area (Å²) < 4.78 is 0. The van der Waals surface area contributed by atoms with E-state index in [1.165, 1.54) is 34.1 Å². The predicted octanol–water partition coefficient (Wildman–Crippen LogP) is 5.27. The molecule has 1 aliphatic rings. The van der Waals surface area contributed by atoms with Gasteiger partial charge in [0.25, 0.3) is 0 Å². The number of hydrogen-bond acceptors (Lipinski definition) is 6. The summed E-state index contributed by atoms with van der Waals surface area (Å²) in [6.45, 7) is 12.3. The van der Waals surface area contributed by atoms with Crippen LogP contribution < -0.4 is 15.1 Å². The lowest BCUT2D eigenvalue weighted by Gasteiger charge is -2.37. The van der Waals surface area contributed by atoms with E-state index in [2.05, 4.69) is 78.1 Å². The average molecular weight is 476 g/mol. The molecule has 0 saturated carbocycles. The Hall–Kier alpha value is -3.06. The lowest BCUT2D eigenvalue weighted by atomic mass is 10.0. The molecule has 1 saturated heterocycles. The minimum absolute atomic E-state index is 0.0570. The normalized spacial score (nSPS) is 13.9. The molecular formula is C27H33N5OS. The van der Waals surface area contributed by atoms with Gasteiger partial charge in [-0.1, -0.05) is 49.9 Å². The SMILES string of the molecule is Cc1ccc(C)c(N2CCN(c3ccnc(SCC(=O)Nc4ccc(C(C)C)cc4)n3)CC2)c1. The maximum Gasteiger partial charge on any atom is 0.234 e. The number of thioether (sulfide) groups is 1. The number of rotatable bonds is 7. The molecule has 1 N–H and O–H groups in total. The van der Waals surface area contributed by atoms with Gasteiger partial charge < -0.3 is 15.1 Å². The highest BCUT2D eigenvalue weighted by Crippen LogP contribution is 2.25. The summed E-state index contributed by atoms with van der Waals surface area (Å²) in [5.74, 6) is 1.61. The van der Waals surface area contributed by atoms with Crippen molar-refractivity contribution in [2.75, 3.05) is 47.0 Å². The van der Waals surface area contributed by atoms with E-state index in [4.69, 9.17) is 4.98 Å². The molecule has 0 radical (unpaired) electrons. The molecule has 1 amide bonds. The first-order chi connectivity index (χ1) is 16.4. The van der Waals surface area contributed by atoms with Gasteiger partial charge >= 0.3 is 0 Å². The van der Waals surface area contributed by atoms with Crippen molar-refractivity contribution in [1.29, 1.82) is 0 Å². The van der Waals surface area contributed by atoms with Crippen molar-refractivity contribution in [3.8, 4) is 0 Å². The largest absolute Gasteiger partial charge is 0.368 e. The lowest BCUT2D eigenvalue weighted by Crippen LogP contribution is -2.47. The van der Waals surface area contributed by atoms with Crippen molar-refractivity contribution in [2.45, 2.75) is 38.8 Å². The number of carbonyl (C=O) groups is 1. The second kappa shape index (κ2) is 10.9. The first-order valence-electron chi connectivity index (χ1n) is 11.8. The Morgan fingerprint density at radius 1 is 1.00 bits per heavy atom. The Balaban J connectivity index is 1.30. The molecule has 1 aromatic heterocycles. The number of hydrogen-bond donors (Lipinski definition) is 1. The Morgan fingerprint density at radius 3 is 2.41 bits per heavy atom. The zero-order chi connectivity index (χ0) is 24.1. The Kier molecular flexibility index (Phi) is 7.73. The van der Waals surface area contributed by atoms with Crippen molar-refractivity contribution in [2.24, 2.45) is 0 Å². The van der Waals surface area contributed by atoms with Crippen LogP contribution >= 0.6 is 11.8 Å². The number of aromatic nitrogens is 2. The van der Waals surface area contributed by atoms with Gasteiger partial charge in [-0.3, -0.25) is 4.79 Å². The van der Waals surface area contributed by atoms with Gasteiger partial charge in [-0.15, -0.1) is 0 Å². The van der Waals surface area contributed by atoms with Crippen LogP contribution in [0.25, 0.3) is 0 Å². The van der Waals surface area contributed by atoms with Gasteiger partial charge in [0.2, 0.25) is 5.91 Å². The summed E-state index contributed by atoms with van der Waals surface area (Å²) in [5.41, 5.74) is 5.99. The molecule has 7 heteroatoms. The van der Waals surface area contributed by atoms with Gasteiger partial charge in [0.1, 0.15) is 5.82 Å². The average Bonchev–Trinajstić information content (AvgIpc) is 2.85. The molecule has 0 atom stereocenters. The molecule has 34 heavy (non-hydrogen) atoms. The van der Waals surface area contributed by atoms with Gasteiger partial charge in [0.05, 0.1) is 5.75 Å². The Morgan fingerprint density at radius 2 is 1.71 bits per heavy atom. The molecule has 6 nitrogen and oxygen atoms in total. The molecule has 3 aromatic rings. The van der Waals surface area contributed by atoms with Crippen molar-refractivity contribution >= 4 is 34.9 Å². The van der Waals surface area contributed by atoms with Crippen LogP contribution in [0.3, 0.4) is 0 Å². The summed E-state index contributed by atoms with van der Waals surface area (Å²) in [4.78, 5) is 26.2. The first kappa shape index (κ1) is 24.1. The van der Waals surface area contributed by atoms with E-state index in [0.717, 1.165) is 37.7 Å². The topological polar surface area (TPSA) is 61.4 Å². The first-order valence-corrected chi connectivity index (χ1v) is 12.8. The van der Waals surface area contributed by atoms with Crippen LogP contribution in [0.1, 0.15) is 36.5 Å². The van der Waals surface area contributed by atoms with Crippen molar-refractivity contribution in [1.82, 2.24) is 9.97 Å². The fourth-order valence-corrected chi connectivity index (χ4v) is 4.72. The number of nitrogens with zero attached hydrogens (tertiary/aromatic N) is 4. The molecule has 4 rings (SSSR count). The smallest absolute Gasteiger partial charge is 0.234 e. The number of benzene rings is 2. The van der Waals surface area contributed by atoms with Gasteiger partial charge in [0, 0.05) is 43.8 Å². The fraction of sp³-hybridized carbons (Fsp3) is 0.370. The minimum atomic E-state index is -0.0570. The zero-order valence-electron chi connectivity index (χ0n) is 20.4. The molecular weight excluding hydrogens is 442 g/mol. The molecule has 2 aromatic carbocycles. The van der Waals surface area contributed by atoms with E-state index in [1.54, 1.807) is 6.20 Å². The van der Waals surface area contributed by atoms with Crippen molar-refractivity contribution in [3.05, 3.63) is 71.4 Å². The second-order valence-corrected chi connectivity index (χ2v) is 10.0. The predicted molar refractivity (Wildman–Crippen MR) is 142 cm³/mol. The van der Waals surface area contributed by atoms with Gasteiger partial charge in [-0.25, -0.2) is 9.97 Å². The van der Waals surface area contributed by atoms with Crippen LogP contribution in [-0.2, 0) is 4.79 Å². The second-order valence-electron chi connectivity index (χ2n) is 9.08. The van der Waals surface area contributed by atoms with Crippen LogP contribution in [0, 0.1) is 13.8 Å². The lowest BCUT2D eigenvalue weighted by molar-refractivity contribution is -0.113. The number of nitrogens with one attached hydrogen (secondary N) is 1. The molecule has 0 unspecified atom stereocenters. The van der Waals surface area contributed by atoms with Gasteiger partial charge in [-0.05, 0) is 60.7 Å². The highest BCUT2D eigenvalue weighted by Gasteiger charge is 2.20. The summed E-state index contributed by atoms with van der Waals surface area (Å²) >= 11 is 1.36. The highest BCUT2D eigenvalue weighted by atomic mass is 32.2. The quantitative estimate of drug-likeness (QED) is 0.371. The standard InChI is InChI=1S/C27H33N5OS/c1-19(2)22-7-9-23(10-8-22)29-26(33)18-34-27-28-12-11-25(30-27)32-15-13-31(14-16-32)24-17-20(3)5-6-21(24)4/h5-12,17,19H,13-16,18H2,1-4H3,(H,29,33). The molecule has 0 aliphatic carbocycles. The summed E-state index contributed by atoms with van der Waals surface area (Å²) in [7, 11) is 0. The Labute approximate surface area is 206 Å². The number of aryl methyl sites for hydroxylation is 2. The van der Waals surface area contributed by atoms with E-state index >= 15 is 0 Å². The van der Waals surface area contributed by atoms with Crippen LogP contribution in [0.15, 0.2) is 59.9 Å². The van der Waals surface area contributed by atoms with Crippen LogP contribution in [0.2, 0.25) is 0 Å². The molecule has 178 valence electrons. The van der Waals surface area contributed by atoms with Gasteiger partial charge in [-0.2, -0.15) is 0 Å². The van der Waals surface area contributed by atoms with Gasteiger partial charge in [0.15, 0.2) is 5.16 Å². The zero-order valence-corrected chi connectivity index (χ0v) is 21.2. The third kappa shape index (κ3) is 6.08. The molecule has 0 spiro atoms. The van der Waals surface area contributed by atoms with E-state index in [1.807, 2.05) is 18.2 Å². The third-order valence-corrected chi connectivity index (χ3v) is 6.98. The van der Waals surface area contributed by atoms with E-state index in [0.29, 0.717) is 11.1 Å². The maximum atomic E-state index is 12.4. The van der Waals surface area contributed by atoms with E-state index in [-0.39, 0.29) is 11.7 Å². The molecule has 1 fully saturated rings. The molecule has 0 bridgehead atoms. The van der Waals surface area contributed by atoms with Crippen LogP contribution in [0.5, 0.6) is 0 Å². The molecule has 1 aliphatic heterocycles. The minimum Gasteiger partial charge on any atom is -0.368 e. The molecule has 2 heterocycles. The van der Waals surface area contributed by atoms with E-state index < -0.39 is 0 Å². The number of piperazine rings is 1. The van der Waals surface area contributed by atoms with Crippen LogP contribution in [0.4, 0.5) is 17.2 Å². The monoisotopic (exact) mass is 475 g/mol. The van der Waals surface area contributed by atoms with Crippen molar-refractivity contribution in [3.63, 3.8) is 0 Å². The van der Waals surface area contributed by atoms with E-state index in [9.17, 15) is 4.79 Å². The Bertz CT molecular complexity index is 1120. The maximum absolute atomic E-state index is 12.4. The summed E-state index contributed by atoms with van der Waals surface area (Å²) in [6, 6.07) is 16.6. The summed E-state index contributed by atoms with van der Waals surface area (Å²) in [6.07, 6.45) is 1.78. The summed E-state index contributed by atoms with van der Waals surface area (Å²) in [5, 5.41) is 3.58. The fourth-order valence-electron chi connectivity index (χ4n) is 4.09. The third-order valence-electron chi connectivity index (χ3n) is 6.12. The highest BCUT2D eigenvalue weighted by molar-refractivity contribution is 7.99. The van der Waals surface area contributed by atoms with Crippen molar-refractivity contribution < 1.29 is 4.79 Å². The number of anilines is 3.